The third kappa shape index (κ3) is 1.94. The normalized spacial score (nSPS) is 11.8. The van der Waals surface area contributed by atoms with E-state index in [1.165, 1.54) is 11.5 Å². The molecule has 0 radical (unpaired) electrons. The number of nitrogens with zero attached hydrogens (tertiary/aromatic N) is 2. The van der Waals surface area contributed by atoms with Gasteiger partial charge in [-0.3, -0.25) is 0 Å². The molecule has 0 amide bonds. The monoisotopic (exact) mass is 199 g/mol. The summed E-state index contributed by atoms with van der Waals surface area (Å²) in [5, 5.41) is 1.16. The minimum absolute atomic E-state index is 0.115. The maximum absolute atomic E-state index is 5.69. The molecule has 0 saturated carbocycles. The number of hydrogen-bond acceptors (Lipinski definition) is 4. The molecule has 13 heavy (non-hydrogen) atoms. The number of anilines is 2. The van der Waals surface area contributed by atoms with Gasteiger partial charge in [0.1, 0.15) is 10.8 Å². The molecule has 1 rings (SSSR count). The Kier molecular flexibility index (Phi) is 2.52. The molecule has 1 aromatic heterocycles. The Morgan fingerprint density at radius 2 is 1.92 bits per heavy atom. The lowest BCUT2D eigenvalue weighted by Gasteiger charge is -2.32. The summed E-state index contributed by atoms with van der Waals surface area (Å²) >= 11 is 1.46. The lowest BCUT2D eigenvalue weighted by molar-refractivity contribution is 0.541. The van der Waals surface area contributed by atoms with Crippen LogP contribution >= 0.6 is 11.5 Å². The maximum Gasteiger partial charge on any atom is 0.142 e. The molecule has 0 aliphatic rings. The SMILES string of the molecule is Cc1c(N)nsc1N(C)C(C)(C)C. The van der Waals surface area contributed by atoms with Crippen molar-refractivity contribution in [1.29, 1.82) is 0 Å². The van der Waals surface area contributed by atoms with Crippen LogP contribution in [-0.4, -0.2) is 17.0 Å². The molecule has 1 heterocycles. The second kappa shape index (κ2) is 3.18. The molecule has 0 aromatic carbocycles. The van der Waals surface area contributed by atoms with Crippen LogP contribution in [0.2, 0.25) is 0 Å². The summed E-state index contributed by atoms with van der Waals surface area (Å²) in [6.07, 6.45) is 0. The van der Waals surface area contributed by atoms with Crippen LogP contribution in [0, 0.1) is 6.92 Å². The molecule has 0 aliphatic heterocycles. The van der Waals surface area contributed by atoms with Crippen molar-refractivity contribution in [2.45, 2.75) is 33.2 Å². The van der Waals surface area contributed by atoms with Crippen LogP contribution in [0.4, 0.5) is 10.8 Å². The first kappa shape index (κ1) is 10.3. The molecule has 0 unspecified atom stereocenters. The first-order chi connectivity index (χ1) is 5.84. The van der Waals surface area contributed by atoms with Crippen LogP contribution in [-0.2, 0) is 0 Å². The molecule has 0 aliphatic carbocycles. The minimum atomic E-state index is 0.115. The minimum Gasteiger partial charge on any atom is -0.383 e. The summed E-state index contributed by atoms with van der Waals surface area (Å²) in [7, 11) is 2.07. The summed E-state index contributed by atoms with van der Waals surface area (Å²) in [6.45, 7) is 8.52. The van der Waals surface area contributed by atoms with E-state index in [-0.39, 0.29) is 5.54 Å². The van der Waals surface area contributed by atoms with Gasteiger partial charge in [-0.1, -0.05) is 0 Å². The van der Waals surface area contributed by atoms with Gasteiger partial charge in [0, 0.05) is 18.2 Å². The number of aromatic nitrogens is 1. The molecule has 0 fully saturated rings. The third-order valence-electron chi connectivity index (χ3n) is 2.25. The van der Waals surface area contributed by atoms with Crippen molar-refractivity contribution in [2.75, 3.05) is 17.7 Å². The molecule has 0 bridgehead atoms. The Bertz CT molecular complexity index is 298. The summed E-state index contributed by atoms with van der Waals surface area (Å²) in [5.41, 5.74) is 6.89. The van der Waals surface area contributed by atoms with E-state index in [4.69, 9.17) is 5.73 Å². The van der Waals surface area contributed by atoms with Crippen LogP contribution < -0.4 is 10.6 Å². The van der Waals surface area contributed by atoms with Gasteiger partial charge in [-0.15, -0.1) is 0 Å². The lowest BCUT2D eigenvalue weighted by Crippen LogP contribution is -2.37. The highest BCUT2D eigenvalue weighted by Crippen LogP contribution is 2.32. The van der Waals surface area contributed by atoms with E-state index in [1.54, 1.807) is 0 Å². The van der Waals surface area contributed by atoms with Crippen molar-refractivity contribution in [2.24, 2.45) is 0 Å². The van der Waals surface area contributed by atoms with Crippen LogP contribution in [0.15, 0.2) is 0 Å². The molecule has 74 valence electrons. The van der Waals surface area contributed by atoms with Gasteiger partial charge in [-0.25, -0.2) is 0 Å². The fourth-order valence-electron chi connectivity index (χ4n) is 0.956. The Morgan fingerprint density at radius 3 is 2.23 bits per heavy atom. The zero-order valence-electron chi connectivity index (χ0n) is 8.88. The van der Waals surface area contributed by atoms with Gasteiger partial charge in [0.2, 0.25) is 0 Å². The number of nitrogen functional groups attached to an aromatic ring is 1. The Hall–Kier alpha value is -0.770. The van der Waals surface area contributed by atoms with E-state index in [0.717, 1.165) is 10.6 Å². The predicted molar refractivity (Wildman–Crippen MR) is 59.4 cm³/mol. The summed E-state index contributed by atoms with van der Waals surface area (Å²) in [6, 6.07) is 0. The van der Waals surface area contributed by atoms with Gasteiger partial charge in [-0.05, 0) is 39.2 Å². The van der Waals surface area contributed by atoms with Gasteiger partial charge in [-0.2, -0.15) is 4.37 Å². The smallest absolute Gasteiger partial charge is 0.142 e. The van der Waals surface area contributed by atoms with Crippen LogP contribution in [0.5, 0.6) is 0 Å². The van der Waals surface area contributed by atoms with E-state index in [2.05, 4.69) is 37.1 Å². The summed E-state index contributed by atoms with van der Waals surface area (Å²) in [4.78, 5) is 2.20. The Balaban J connectivity index is 3.02. The van der Waals surface area contributed by atoms with Crippen LogP contribution in [0.3, 0.4) is 0 Å². The van der Waals surface area contributed by atoms with Gasteiger partial charge >= 0.3 is 0 Å². The quantitative estimate of drug-likeness (QED) is 0.754. The molecular formula is C9H17N3S. The zero-order valence-corrected chi connectivity index (χ0v) is 9.70. The van der Waals surface area contributed by atoms with E-state index >= 15 is 0 Å². The zero-order chi connectivity index (χ0) is 10.2. The second-order valence-corrected chi connectivity index (χ2v) is 4.98. The second-order valence-electron chi connectivity index (χ2n) is 4.23. The summed E-state index contributed by atoms with van der Waals surface area (Å²) < 4.78 is 4.13. The molecule has 0 spiro atoms. The molecule has 2 N–H and O–H groups in total. The fourth-order valence-corrected chi connectivity index (χ4v) is 1.92. The van der Waals surface area contributed by atoms with Crippen molar-refractivity contribution in [3.8, 4) is 0 Å². The standard InChI is InChI=1S/C9H17N3S/c1-6-7(10)11-13-8(6)12(5)9(2,3)4/h1-5H3,(H2,10,11). The number of hydrogen-bond donors (Lipinski definition) is 1. The molecule has 1 aromatic rings. The Labute approximate surface area is 83.7 Å². The van der Waals surface area contributed by atoms with E-state index in [0.29, 0.717) is 5.82 Å². The number of nitrogens with two attached hydrogens (primary N) is 1. The number of rotatable bonds is 1. The van der Waals surface area contributed by atoms with Crippen LogP contribution in [0.25, 0.3) is 0 Å². The van der Waals surface area contributed by atoms with Crippen molar-refractivity contribution in [3.05, 3.63) is 5.56 Å². The highest BCUT2D eigenvalue weighted by molar-refractivity contribution is 7.10. The topological polar surface area (TPSA) is 42.1 Å². The third-order valence-corrected chi connectivity index (χ3v) is 3.29. The predicted octanol–water partition coefficient (Wildman–Crippen LogP) is 2.27. The lowest BCUT2D eigenvalue weighted by atomic mass is 10.1. The molecular weight excluding hydrogens is 182 g/mol. The van der Waals surface area contributed by atoms with Crippen molar-refractivity contribution < 1.29 is 0 Å². The largest absolute Gasteiger partial charge is 0.383 e. The van der Waals surface area contributed by atoms with Gasteiger partial charge in [0.25, 0.3) is 0 Å². The van der Waals surface area contributed by atoms with Crippen molar-refractivity contribution in [1.82, 2.24) is 4.37 Å². The van der Waals surface area contributed by atoms with Crippen molar-refractivity contribution in [3.63, 3.8) is 0 Å². The van der Waals surface area contributed by atoms with E-state index < -0.39 is 0 Å². The molecule has 3 nitrogen and oxygen atoms in total. The first-order valence-electron chi connectivity index (χ1n) is 4.29. The highest BCUT2D eigenvalue weighted by Gasteiger charge is 2.21. The van der Waals surface area contributed by atoms with Gasteiger partial charge in [0.05, 0.1) is 0 Å². The molecule has 0 saturated heterocycles. The Morgan fingerprint density at radius 1 is 1.38 bits per heavy atom. The van der Waals surface area contributed by atoms with E-state index in [1.807, 2.05) is 6.92 Å². The van der Waals surface area contributed by atoms with Crippen LogP contribution in [0.1, 0.15) is 26.3 Å². The van der Waals surface area contributed by atoms with Gasteiger partial charge < -0.3 is 10.6 Å². The van der Waals surface area contributed by atoms with E-state index in [9.17, 15) is 0 Å². The first-order valence-corrected chi connectivity index (χ1v) is 5.07. The van der Waals surface area contributed by atoms with Gasteiger partial charge in [0.15, 0.2) is 0 Å². The van der Waals surface area contributed by atoms with Crippen molar-refractivity contribution >= 4 is 22.4 Å². The maximum atomic E-state index is 5.69. The highest BCUT2D eigenvalue weighted by atomic mass is 32.1. The average molecular weight is 199 g/mol. The summed E-state index contributed by atoms with van der Waals surface area (Å²) in [5.74, 6) is 0.649. The fraction of sp³-hybridized carbons (Fsp3) is 0.667. The average Bonchev–Trinajstić information content (AvgIpc) is 2.30. The molecule has 0 atom stereocenters. The molecule has 4 heteroatoms.